The molecule has 4 aromatic carbocycles. The van der Waals surface area contributed by atoms with Crippen molar-refractivity contribution in [2.24, 2.45) is 0 Å². The molecule has 0 radical (unpaired) electrons. The first-order valence-corrected chi connectivity index (χ1v) is 11.7. The average Bonchev–Trinajstić information content (AvgIpc) is 3.35. The van der Waals surface area contributed by atoms with Crippen LogP contribution in [-0.2, 0) is 6.42 Å². The molecule has 1 atom stereocenters. The summed E-state index contributed by atoms with van der Waals surface area (Å²) in [6, 6.07) is 29.7. The molecule has 5 aromatic rings. The van der Waals surface area contributed by atoms with E-state index in [1.165, 1.54) is 65.5 Å². The topological polar surface area (TPSA) is 0 Å². The van der Waals surface area contributed by atoms with Gasteiger partial charge in [-0.1, -0.05) is 80.6 Å². The lowest BCUT2D eigenvalue weighted by atomic mass is 9.93. The van der Waals surface area contributed by atoms with E-state index in [1.807, 2.05) is 11.3 Å². The van der Waals surface area contributed by atoms with Gasteiger partial charge in [-0.05, 0) is 69.8 Å². The number of thiophene rings is 1. The standard InChI is InChI=1S/C29H24S/c1-3-18(2)19-11-12-20-15-21-13-14-22(17-27(21)26(20)16-19)23-8-6-9-25-24-7-4-5-10-28(24)30-29(23)25/h4-14,16-18H,3,15H2,1-2H3. The van der Waals surface area contributed by atoms with Gasteiger partial charge < -0.3 is 0 Å². The van der Waals surface area contributed by atoms with Gasteiger partial charge in [0.15, 0.2) is 0 Å². The third-order valence-corrected chi connectivity index (χ3v) is 8.03. The number of hydrogen-bond acceptors (Lipinski definition) is 1. The Labute approximate surface area is 181 Å². The van der Waals surface area contributed by atoms with E-state index in [2.05, 4.69) is 92.7 Å². The summed E-state index contributed by atoms with van der Waals surface area (Å²) >= 11 is 1.91. The van der Waals surface area contributed by atoms with Gasteiger partial charge >= 0.3 is 0 Å². The highest BCUT2D eigenvalue weighted by molar-refractivity contribution is 7.26. The highest BCUT2D eigenvalue weighted by Gasteiger charge is 2.21. The van der Waals surface area contributed by atoms with E-state index >= 15 is 0 Å². The van der Waals surface area contributed by atoms with Gasteiger partial charge in [0.05, 0.1) is 0 Å². The van der Waals surface area contributed by atoms with Crippen LogP contribution in [0.5, 0.6) is 0 Å². The average molecular weight is 405 g/mol. The Hall–Kier alpha value is -2.90. The van der Waals surface area contributed by atoms with Crippen molar-refractivity contribution in [1.29, 1.82) is 0 Å². The molecular formula is C29H24S. The van der Waals surface area contributed by atoms with Crippen molar-refractivity contribution in [2.45, 2.75) is 32.6 Å². The van der Waals surface area contributed by atoms with Gasteiger partial charge in [-0.3, -0.25) is 0 Å². The second kappa shape index (κ2) is 6.82. The molecule has 1 heterocycles. The van der Waals surface area contributed by atoms with Crippen LogP contribution < -0.4 is 0 Å². The maximum atomic E-state index is 2.44. The van der Waals surface area contributed by atoms with E-state index in [0.29, 0.717) is 5.92 Å². The second-order valence-electron chi connectivity index (χ2n) is 8.56. The fourth-order valence-corrected chi connectivity index (χ4v) is 6.11. The molecule has 0 saturated heterocycles. The van der Waals surface area contributed by atoms with E-state index in [1.54, 1.807) is 0 Å². The van der Waals surface area contributed by atoms with Crippen LogP contribution in [0.25, 0.3) is 42.4 Å². The van der Waals surface area contributed by atoms with Crippen LogP contribution in [-0.4, -0.2) is 0 Å². The molecule has 0 aliphatic heterocycles. The molecule has 0 nitrogen and oxygen atoms in total. The first-order valence-electron chi connectivity index (χ1n) is 10.9. The van der Waals surface area contributed by atoms with Gasteiger partial charge in [0.25, 0.3) is 0 Å². The van der Waals surface area contributed by atoms with Crippen LogP contribution in [0.4, 0.5) is 0 Å². The SMILES string of the molecule is CCC(C)c1ccc2c(c1)-c1cc(-c3cccc4c3sc3ccccc34)ccc1C2. The fraction of sp³-hybridized carbons (Fsp3) is 0.172. The zero-order valence-corrected chi connectivity index (χ0v) is 18.2. The minimum absolute atomic E-state index is 0.606. The van der Waals surface area contributed by atoms with Gasteiger partial charge in [-0.2, -0.15) is 0 Å². The molecule has 30 heavy (non-hydrogen) atoms. The van der Waals surface area contributed by atoms with Crippen molar-refractivity contribution in [2.75, 3.05) is 0 Å². The Morgan fingerprint density at radius 2 is 1.53 bits per heavy atom. The summed E-state index contributed by atoms with van der Waals surface area (Å²) in [4.78, 5) is 0. The lowest BCUT2D eigenvalue weighted by molar-refractivity contribution is 0.733. The predicted molar refractivity (Wildman–Crippen MR) is 132 cm³/mol. The summed E-state index contributed by atoms with van der Waals surface area (Å²) in [6.45, 7) is 4.60. The lowest BCUT2D eigenvalue weighted by Gasteiger charge is -2.12. The van der Waals surface area contributed by atoms with Gasteiger partial charge in [-0.15, -0.1) is 11.3 Å². The summed E-state index contributed by atoms with van der Waals surface area (Å²) in [5, 5.41) is 2.73. The summed E-state index contributed by atoms with van der Waals surface area (Å²) in [5.41, 5.74) is 9.92. The van der Waals surface area contributed by atoms with Crippen LogP contribution in [0, 0.1) is 0 Å². The van der Waals surface area contributed by atoms with Crippen LogP contribution in [0.2, 0.25) is 0 Å². The van der Waals surface area contributed by atoms with E-state index in [4.69, 9.17) is 0 Å². The van der Waals surface area contributed by atoms with Crippen molar-refractivity contribution >= 4 is 31.5 Å². The Kier molecular flexibility index (Phi) is 4.07. The first-order chi connectivity index (χ1) is 14.7. The Morgan fingerprint density at radius 1 is 0.767 bits per heavy atom. The largest absolute Gasteiger partial charge is 0.135 e. The number of fused-ring (bicyclic) bond motifs is 6. The zero-order chi connectivity index (χ0) is 20.2. The van der Waals surface area contributed by atoms with E-state index in [9.17, 15) is 0 Å². The van der Waals surface area contributed by atoms with Crippen molar-refractivity contribution in [3.8, 4) is 22.3 Å². The summed E-state index contributed by atoms with van der Waals surface area (Å²) in [7, 11) is 0. The smallest absolute Gasteiger partial charge is 0.0433 e. The minimum Gasteiger partial charge on any atom is -0.135 e. The molecule has 6 rings (SSSR count). The molecule has 0 N–H and O–H groups in total. The van der Waals surface area contributed by atoms with E-state index in [-0.39, 0.29) is 0 Å². The molecule has 1 aliphatic carbocycles. The third kappa shape index (κ3) is 2.66. The maximum absolute atomic E-state index is 2.44. The van der Waals surface area contributed by atoms with Crippen molar-refractivity contribution in [1.82, 2.24) is 0 Å². The normalized spacial score (nSPS) is 13.5. The van der Waals surface area contributed by atoms with Gasteiger partial charge in [-0.25, -0.2) is 0 Å². The van der Waals surface area contributed by atoms with Crippen molar-refractivity contribution < 1.29 is 0 Å². The summed E-state index contributed by atoms with van der Waals surface area (Å²) in [6.07, 6.45) is 2.23. The summed E-state index contributed by atoms with van der Waals surface area (Å²) < 4.78 is 2.76. The first kappa shape index (κ1) is 17.9. The monoisotopic (exact) mass is 404 g/mol. The maximum Gasteiger partial charge on any atom is 0.0433 e. The highest BCUT2D eigenvalue weighted by Crippen LogP contribution is 2.43. The molecular weight excluding hydrogens is 380 g/mol. The Morgan fingerprint density at radius 3 is 2.40 bits per heavy atom. The van der Waals surface area contributed by atoms with Crippen LogP contribution in [0.1, 0.15) is 42.9 Å². The molecule has 1 aliphatic rings. The number of rotatable bonds is 3. The fourth-order valence-electron chi connectivity index (χ4n) is 4.87. The third-order valence-electron chi connectivity index (χ3n) is 6.81. The van der Waals surface area contributed by atoms with Crippen molar-refractivity contribution in [3.05, 3.63) is 95.6 Å². The number of benzene rings is 4. The zero-order valence-electron chi connectivity index (χ0n) is 17.4. The molecule has 1 unspecified atom stereocenters. The van der Waals surface area contributed by atoms with Gasteiger partial charge in [0.1, 0.15) is 0 Å². The van der Waals surface area contributed by atoms with Gasteiger partial charge in [0, 0.05) is 20.2 Å². The molecule has 0 saturated carbocycles. The molecule has 0 fully saturated rings. The van der Waals surface area contributed by atoms with Crippen LogP contribution >= 0.6 is 11.3 Å². The lowest BCUT2D eigenvalue weighted by Crippen LogP contribution is -1.92. The van der Waals surface area contributed by atoms with E-state index < -0.39 is 0 Å². The van der Waals surface area contributed by atoms with E-state index in [0.717, 1.165) is 6.42 Å². The Bertz CT molecular complexity index is 1420. The Balaban J connectivity index is 1.53. The predicted octanol–water partition coefficient (Wildman–Crippen LogP) is 8.81. The van der Waals surface area contributed by atoms with Gasteiger partial charge in [0.2, 0.25) is 0 Å². The highest BCUT2D eigenvalue weighted by atomic mass is 32.1. The quantitative estimate of drug-likeness (QED) is 0.276. The molecule has 0 spiro atoms. The summed E-state index contributed by atoms with van der Waals surface area (Å²) in [5.74, 6) is 0.606. The molecule has 1 aromatic heterocycles. The van der Waals surface area contributed by atoms with Crippen LogP contribution in [0.3, 0.4) is 0 Å². The molecule has 146 valence electrons. The van der Waals surface area contributed by atoms with Crippen LogP contribution in [0.15, 0.2) is 78.9 Å². The molecule has 0 amide bonds. The second-order valence-corrected chi connectivity index (χ2v) is 9.61. The number of hydrogen-bond donors (Lipinski definition) is 0. The molecule has 1 heteroatoms. The van der Waals surface area contributed by atoms with Crippen molar-refractivity contribution in [3.63, 3.8) is 0 Å². The molecule has 0 bridgehead atoms. The minimum atomic E-state index is 0.606.